The highest BCUT2D eigenvalue weighted by molar-refractivity contribution is 5.77. The molecule has 0 aliphatic heterocycles. The van der Waals surface area contributed by atoms with Crippen LogP contribution in [0.5, 0.6) is 0 Å². The number of nitrogens with zero attached hydrogens (tertiary/aromatic N) is 1. The summed E-state index contributed by atoms with van der Waals surface area (Å²) in [5, 5.41) is 0.553. The molecule has 0 N–H and O–H groups in total. The largest absolute Gasteiger partial charge is 0.256 e. The summed E-state index contributed by atoms with van der Waals surface area (Å²) in [7, 11) is 0. The Morgan fingerprint density at radius 1 is 1.45 bits per heavy atom. The van der Waals surface area contributed by atoms with E-state index in [-0.39, 0.29) is 5.82 Å². The van der Waals surface area contributed by atoms with E-state index in [4.69, 9.17) is 1.37 Å². The first-order valence-electron chi connectivity index (χ1n) is 3.78. The summed E-state index contributed by atoms with van der Waals surface area (Å²) in [4.78, 5) is 4.00. The van der Waals surface area contributed by atoms with Crippen LogP contribution in [-0.4, -0.2) is 4.98 Å². The maximum Gasteiger partial charge on any atom is 0.123 e. The zero-order valence-electron chi connectivity index (χ0n) is 6.71. The van der Waals surface area contributed by atoms with E-state index in [9.17, 15) is 4.39 Å². The van der Waals surface area contributed by atoms with Gasteiger partial charge in [0.2, 0.25) is 0 Å². The van der Waals surface area contributed by atoms with Crippen LogP contribution >= 0.6 is 0 Å². The lowest BCUT2D eigenvalue weighted by atomic mass is 10.2. The lowest BCUT2D eigenvalue weighted by molar-refractivity contribution is 0.629. The van der Waals surface area contributed by atoms with Crippen molar-refractivity contribution in [3.63, 3.8) is 0 Å². The number of rotatable bonds is 0. The number of aromatic nitrogens is 1. The highest BCUT2D eigenvalue weighted by atomic mass is 19.1. The molecule has 2 heteroatoms. The average molecular weight is 148 g/mol. The summed E-state index contributed by atoms with van der Waals surface area (Å²) in [6, 6.07) is 6.09. The number of fused-ring (bicyclic) bond motifs is 1. The fourth-order valence-corrected chi connectivity index (χ4v) is 0.981. The molecule has 0 saturated carbocycles. The van der Waals surface area contributed by atoms with Crippen LogP contribution in [0.25, 0.3) is 10.9 Å². The molecule has 0 amide bonds. The summed E-state index contributed by atoms with van der Waals surface area (Å²) in [5.41, 5.74) is 0.656. The number of benzene rings is 1. The second-order valence-electron chi connectivity index (χ2n) is 2.25. The first-order chi connectivity index (χ1) is 5.77. The molecule has 0 spiro atoms. The van der Waals surface area contributed by atoms with E-state index < -0.39 is 0 Å². The lowest BCUT2D eigenvalue weighted by Gasteiger charge is -1.93. The maximum absolute atomic E-state index is 12.7. The average Bonchev–Trinajstić information content (AvgIpc) is 2.07. The van der Waals surface area contributed by atoms with Crippen LogP contribution in [0, 0.1) is 5.82 Å². The van der Waals surface area contributed by atoms with Gasteiger partial charge in [0.05, 0.1) is 6.89 Å². The second kappa shape index (κ2) is 2.31. The molecule has 0 radical (unpaired) electrons. The van der Waals surface area contributed by atoms with Crippen LogP contribution in [0.2, 0.25) is 0 Å². The van der Waals surface area contributed by atoms with Crippen LogP contribution in [0.4, 0.5) is 4.39 Å². The molecular weight excluding hydrogens is 141 g/mol. The van der Waals surface area contributed by atoms with Crippen LogP contribution in [0.3, 0.4) is 0 Å². The highest BCUT2D eigenvalue weighted by Crippen LogP contribution is 2.11. The number of hydrogen-bond acceptors (Lipinski definition) is 1. The Morgan fingerprint density at radius 3 is 3.27 bits per heavy atom. The minimum absolute atomic E-state index is 0.305. The van der Waals surface area contributed by atoms with Crippen molar-refractivity contribution in [3.8, 4) is 0 Å². The molecular formula is C9H6FN. The van der Waals surface area contributed by atoms with E-state index >= 15 is 0 Å². The molecule has 1 nitrogen and oxygen atoms in total. The molecule has 0 atom stereocenters. The van der Waals surface area contributed by atoms with Crippen molar-refractivity contribution in [1.82, 2.24) is 4.98 Å². The fourth-order valence-electron chi connectivity index (χ4n) is 0.981. The third-order valence-corrected chi connectivity index (χ3v) is 1.49. The van der Waals surface area contributed by atoms with Gasteiger partial charge in [0, 0.05) is 11.6 Å². The Labute approximate surface area is 64.9 Å². The minimum atomic E-state index is -0.330. The van der Waals surface area contributed by atoms with Crippen LogP contribution in [0.15, 0.2) is 36.5 Å². The Kier molecular flexibility index (Phi) is 1.10. The zero-order chi connectivity index (χ0) is 8.55. The van der Waals surface area contributed by atoms with Crippen molar-refractivity contribution in [2.24, 2.45) is 0 Å². The van der Waals surface area contributed by atoms with E-state index in [1.54, 1.807) is 18.3 Å². The third kappa shape index (κ3) is 1.07. The smallest absolute Gasteiger partial charge is 0.123 e. The van der Waals surface area contributed by atoms with Gasteiger partial charge in [0.25, 0.3) is 0 Å². The highest BCUT2D eigenvalue weighted by Gasteiger charge is 1.93. The summed E-state index contributed by atoms with van der Waals surface area (Å²) in [5.74, 6) is -0.330. The molecule has 0 aliphatic rings. The van der Waals surface area contributed by atoms with Gasteiger partial charge in [-0.15, -0.1) is 0 Å². The summed E-state index contributed by atoms with van der Waals surface area (Å²) < 4.78 is 20.2. The van der Waals surface area contributed by atoms with E-state index in [2.05, 4.69) is 4.98 Å². The standard InChI is InChI=1S/C9H6FN/c10-8-3-4-9-7(6-8)2-1-5-11-9/h1-6H/i2D. The SMILES string of the molecule is [2H]c1ccnc2ccc(F)cc12. The summed E-state index contributed by atoms with van der Waals surface area (Å²) in [6.07, 6.45) is 1.54. The van der Waals surface area contributed by atoms with Gasteiger partial charge in [-0.25, -0.2) is 4.39 Å². The van der Waals surface area contributed by atoms with Crippen molar-refractivity contribution >= 4 is 10.9 Å². The molecule has 54 valence electrons. The Hall–Kier alpha value is -1.44. The van der Waals surface area contributed by atoms with Gasteiger partial charge in [-0.3, -0.25) is 4.98 Å². The third-order valence-electron chi connectivity index (χ3n) is 1.49. The van der Waals surface area contributed by atoms with Gasteiger partial charge in [-0.1, -0.05) is 6.04 Å². The second-order valence-corrected chi connectivity index (χ2v) is 2.25. The number of halogens is 1. The predicted molar refractivity (Wildman–Crippen MR) is 41.7 cm³/mol. The van der Waals surface area contributed by atoms with Crippen LogP contribution < -0.4 is 0 Å². The molecule has 1 heterocycles. The van der Waals surface area contributed by atoms with Gasteiger partial charge in [-0.05, 0) is 24.3 Å². The Morgan fingerprint density at radius 2 is 2.36 bits per heavy atom. The van der Waals surface area contributed by atoms with Gasteiger partial charge in [0.1, 0.15) is 5.82 Å². The first-order valence-corrected chi connectivity index (χ1v) is 3.28. The van der Waals surface area contributed by atoms with E-state index in [1.807, 2.05) is 0 Å². The monoisotopic (exact) mass is 148 g/mol. The topological polar surface area (TPSA) is 12.9 Å². The summed E-state index contributed by atoms with van der Waals surface area (Å²) in [6.45, 7) is 0. The molecule has 2 aromatic rings. The molecule has 2 rings (SSSR count). The van der Waals surface area contributed by atoms with Crippen molar-refractivity contribution in [2.75, 3.05) is 0 Å². The fraction of sp³-hybridized carbons (Fsp3) is 0. The molecule has 1 aromatic carbocycles. The summed E-state index contributed by atoms with van der Waals surface area (Å²) >= 11 is 0. The van der Waals surface area contributed by atoms with Crippen LogP contribution in [-0.2, 0) is 0 Å². The number of pyridine rings is 1. The minimum Gasteiger partial charge on any atom is -0.256 e. The quantitative estimate of drug-likeness (QED) is 0.559. The molecule has 0 unspecified atom stereocenters. The van der Waals surface area contributed by atoms with E-state index in [1.165, 1.54) is 12.1 Å². The van der Waals surface area contributed by atoms with Crippen molar-refractivity contribution in [1.29, 1.82) is 0 Å². The van der Waals surface area contributed by atoms with E-state index in [0.717, 1.165) is 0 Å². The van der Waals surface area contributed by atoms with Crippen molar-refractivity contribution < 1.29 is 5.76 Å². The lowest BCUT2D eigenvalue weighted by Crippen LogP contribution is -1.78. The van der Waals surface area contributed by atoms with Crippen molar-refractivity contribution in [2.45, 2.75) is 0 Å². The van der Waals surface area contributed by atoms with Gasteiger partial charge >= 0.3 is 0 Å². The Balaban J connectivity index is 2.88. The van der Waals surface area contributed by atoms with Gasteiger partial charge < -0.3 is 0 Å². The number of hydrogen-bond donors (Lipinski definition) is 0. The first kappa shape index (κ1) is 5.24. The Bertz CT molecular complexity index is 428. The zero-order valence-corrected chi connectivity index (χ0v) is 5.71. The van der Waals surface area contributed by atoms with Gasteiger partial charge in [-0.2, -0.15) is 0 Å². The van der Waals surface area contributed by atoms with E-state index in [0.29, 0.717) is 16.9 Å². The van der Waals surface area contributed by atoms with Crippen molar-refractivity contribution in [3.05, 3.63) is 42.3 Å². The molecule has 11 heavy (non-hydrogen) atoms. The maximum atomic E-state index is 12.7. The molecule has 0 bridgehead atoms. The molecule has 0 aliphatic carbocycles. The molecule has 0 fully saturated rings. The molecule has 1 aromatic heterocycles. The predicted octanol–water partition coefficient (Wildman–Crippen LogP) is 2.37. The van der Waals surface area contributed by atoms with Crippen LogP contribution in [0.1, 0.15) is 1.37 Å². The normalized spacial score (nSPS) is 11.5. The molecule has 0 saturated heterocycles. The van der Waals surface area contributed by atoms with Gasteiger partial charge in [0.15, 0.2) is 0 Å².